The molecule has 0 radical (unpaired) electrons. The Morgan fingerprint density at radius 3 is 2.78 bits per heavy atom. The summed E-state index contributed by atoms with van der Waals surface area (Å²) in [5.41, 5.74) is 1.42. The summed E-state index contributed by atoms with van der Waals surface area (Å²) in [7, 11) is 0. The number of nitrogens with one attached hydrogen (secondary N) is 1. The van der Waals surface area contributed by atoms with Gasteiger partial charge in [-0.05, 0) is 49.2 Å². The molecule has 1 aliphatic rings. The van der Waals surface area contributed by atoms with Gasteiger partial charge in [0.1, 0.15) is 6.54 Å². The van der Waals surface area contributed by atoms with Crippen LogP contribution in [0.4, 0.5) is 5.69 Å². The summed E-state index contributed by atoms with van der Waals surface area (Å²) in [4.78, 5) is 26.8. The Hall–Kier alpha value is -2.60. The van der Waals surface area contributed by atoms with E-state index >= 15 is 0 Å². The minimum absolute atomic E-state index is 0.0561. The van der Waals surface area contributed by atoms with Crippen molar-refractivity contribution in [1.29, 1.82) is 0 Å². The van der Waals surface area contributed by atoms with Crippen molar-refractivity contribution in [1.82, 2.24) is 5.32 Å². The highest BCUT2D eigenvalue weighted by Crippen LogP contribution is 2.35. The quantitative estimate of drug-likeness (QED) is 0.728. The molecule has 0 saturated heterocycles. The van der Waals surface area contributed by atoms with E-state index in [0.717, 1.165) is 16.5 Å². The van der Waals surface area contributed by atoms with Gasteiger partial charge in [0, 0.05) is 10.5 Å². The number of para-hydroxylation sites is 2. The summed E-state index contributed by atoms with van der Waals surface area (Å²) in [6.07, 6.45) is 2.51. The number of hydrogen-bond donors (Lipinski definition) is 1. The maximum absolute atomic E-state index is 13.0. The lowest BCUT2D eigenvalue weighted by Crippen LogP contribution is -2.46. The molecule has 0 fully saturated rings. The van der Waals surface area contributed by atoms with Crippen molar-refractivity contribution < 1.29 is 14.3 Å². The topological polar surface area (TPSA) is 58.6 Å². The van der Waals surface area contributed by atoms with Gasteiger partial charge in [0.25, 0.3) is 5.91 Å². The third-order valence-electron chi connectivity index (χ3n) is 4.30. The standard InChI is InChI=1S/C21H21BrN2O3/c1-3-14(2)23-20(25)13-24-17-9-4-5-10-18(17)27-19(21(24)26)12-15-7-6-8-16(22)11-15/h4-12,14H,3,13H2,1-2H3,(H,23,25)/b19-12+. The van der Waals surface area contributed by atoms with E-state index in [-0.39, 0.29) is 30.2 Å². The van der Waals surface area contributed by atoms with Gasteiger partial charge >= 0.3 is 0 Å². The molecule has 6 heteroatoms. The molecule has 0 spiro atoms. The first kappa shape index (κ1) is 19.2. The summed E-state index contributed by atoms with van der Waals surface area (Å²) in [6.45, 7) is 3.88. The van der Waals surface area contributed by atoms with E-state index in [2.05, 4.69) is 21.2 Å². The third kappa shape index (κ3) is 4.57. The second kappa shape index (κ2) is 8.39. The average molecular weight is 429 g/mol. The molecule has 1 N–H and O–H groups in total. The van der Waals surface area contributed by atoms with E-state index in [4.69, 9.17) is 4.74 Å². The van der Waals surface area contributed by atoms with Crippen LogP contribution in [0.5, 0.6) is 5.75 Å². The number of amides is 2. The van der Waals surface area contributed by atoms with Crippen LogP contribution in [0.1, 0.15) is 25.8 Å². The number of ether oxygens (including phenoxy) is 1. The van der Waals surface area contributed by atoms with Gasteiger partial charge in [-0.25, -0.2) is 0 Å². The van der Waals surface area contributed by atoms with Crippen LogP contribution in [-0.4, -0.2) is 24.4 Å². The predicted octanol–water partition coefficient (Wildman–Crippen LogP) is 4.13. The minimum atomic E-state index is -0.340. The molecule has 1 aliphatic heterocycles. The number of hydrogen-bond acceptors (Lipinski definition) is 3. The fraction of sp³-hybridized carbons (Fsp3) is 0.238. The van der Waals surface area contributed by atoms with E-state index in [1.807, 2.05) is 50.2 Å². The number of rotatable bonds is 5. The second-order valence-corrected chi connectivity index (χ2v) is 7.32. The summed E-state index contributed by atoms with van der Waals surface area (Å²) < 4.78 is 6.73. The lowest BCUT2D eigenvalue weighted by Gasteiger charge is -2.30. The number of nitrogens with zero attached hydrogens (tertiary/aromatic N) is 1. The van der Waals surface area contributed by atoms with Crippen LogP contribution in [0.2, 0.25) is 0 Å². The van der Waals surface area contributed by atoms with Crippen molar-refractivity contribution in [3.8, 4) is 5.75 Å². The van der Waals surface area contributed by atoms with Crippen molar-refractivity contribution in [2.75, 3.05) is 11.4 Å². The number of benzene rings is 2. The van der Waals surface area contributed by atoms with Crippen molar-refractivity contribution in [2.24, 2.45) is 0 Å². The number of fused-ring (bicyclic) bond motifs is 1. The maximum atomic E-state index is 13.0. The Bertz CT molecular complexity index is 895. The van der Waals surface area contributed by atoms with Crippen LogP contribution in [0, 0.1) is 0 Å². The Kier molecular flexibility index (Phi) is 5.96. The number of anilines is 1. The van der Waals surface area contributed by atoms with Crippen LogP contribution in [0.3, 0.4) is 0 Å². The van der Waals surface area contributed by atoms with Gasteiger partial charge in [0.2, 0.25) is 5.91 Å². The predicted molar refractivity (Wildman–Crippen MR) is 109 cm³/mol. The van der Waals surface area contributed by atoms with Gasteiger partial charge in [-0.3, -0.25) is 14.5 Å². The number of carbonyl (C=O) groups excluding carboxylic acids is 2. The molecular weight excluding hydrogens is 408 g/mol. The summed E-state index contributed by atoms with van der Waals surface area (Å²) in [5.74, 6) is 0.196. The highest BCUT2D eigenvalue weighted by Gasteiger charge is 2.31. The minimum Gasteiger partial charge on any atom is -0.449 e. The fourth-order valence-corrected chi connectivity index (χ4v) is 3.15. The van der Waals surface area contributed by atoms with Gasteiger partial charge in [0.05, 0.1) is 5.69 Å². The van der Waals surface area contributed by atoms with Crippen LogP contribution in [-0.2, 0) is 9.59 Å². The van der Waals surface area contributed by atoms with E-state index in [1.54, 1.807) is 18.2 Å². The lowest BCUT2D eigenvalue weighted by atomic mass is 10.1. The Morgan fingerprint density at radius 1 is 1.26 bits per heavy atom. The zero-order valence-electron chi connectivity index (χ0n) is 15.2. The Balaban J connectivity index is 1.92. The number of halogens is 1. The second-order valence-electron chi connectivity index (χ2n) is 6.40. The van der Waals surface area contributed by atoms with Crippen molar-refractivity contribution >= 4 is 39.5 Å². The highest BCUT2D eigenvalue weighted by atomic mass is 79.9. The first-order chi connectivity index (χ1) is 13.0. The average Bonchev–Trinajstić information content (AvgIpc) is 2.65. The van der Waals surface area contributed by atoms with Crippen LogP contribution in [0.25, 0.3) is 6.08 Å². The molecule has 27 heavy (non-hydrogen) atoms. The fourth-order valence-electron chi connectivity index (χ4n) is 2.73. The first-order valence-electron chi connectivity index (χ1n) is 8.83. The van der Waals surface area contributed by atoms with Crippen molar-refractivity contribution in [3.63, 3.8) is 0 Å². The SMILES string of the molecule is CCC(C)NC(=O)CN1C(=O)/C(=C\c2cccc(Br)c2)Oc2ccccc21. The zero-order chi connectivity index (χ0) is 19.4. The molecule has 3 rings (SSSR count). The molecule has 0 bridgehead atoms. The molecule has 5 nitrogen and oxygen atoms in total. The van der Waals surface area contributed by atoms with Gasteiger partial charge in [0.15, 0.2) is 11.5 Å². The Morgan fingerprint density at radius 2 is 2.04 bits per heavy atom. The lowest BCUT2D eigenvalue weighted by molar-refractivity contribution is -0.123. The Labute approximate surface area is 167 Å². The van der Waals surface area contributed by atoms with E-state index in [9.17, 15) is 9.59 Å². The van der Waals surface area contributed by atoms with E-state index < -0.39 is 0 Å². The van der Waals surface area contributed by atoms with Crippen molar-refractivity contribution in [2.45, 2.75) is 26.3 Å². The summed E-state index contributed by atoms with van der Waals surface area (Å²) in [6, 6.07) is 14.8. The molecule has 2 aromatic carbocycles. The van der Waals surface area contributed by atoms with E-state index in [1.165, 1.54) is 4.90 Å². The smallest absolute Gasteiger partial charge is 0.294 e. The molecule has 1 atom stereocenters. The normalized spacial score (nSPS) is 15.9. The van der Waals surface area contributed by atoms with Gasteiger partial charge in [-0.1, -0.05) is 47.1 Å². The zero-order valence-corrected chi connectivity index (χ0v) is 16.8. The van der Waals surface area contributed by atoms with Gasteiger partial charge in [-0.2, -0.15) is 0 Å². The van der Waals surface area contributed by atoms with Gasteiger partial charge in [-0.15, -0.1) is 0 Å². The molecule has 2 amide bonds. The highest BCUT2D eigenvalue weighted by molar-refractivity contribution is 9.10. The van der Waals surface area contributed by atoms with Crippen molar-refractivity contribution in [3.05, 3.63) is 64.3 Å². The largest absolute Gasteiger partial charge is 0.449 e. The molecule has 0 aromatic heterocycles. The molecule has 2 aromatic rings. The van der Waals surface area contributed by atoms with Crippen LogP contribution >= 0.6 is 15.9 Å². The molecule has 0 saturated carbocycles. The monoisotopic (exact) mass is 428 g/mol. The molecule has 0 aliphatic carbocycles. The van der Waals surface area contributed by atoms with E-state index in [0.29, 0.717) is 11.4 Å². The maximum Gasteiger partial charge on any atom is 0.294 e. The first-order valence-corrected chi connectivity index (χ1v) is 9.62. The third-order valence-corrected chi connectivity index (χ3v) is 4.79. The molecule has 140 valence electrons. The summed E-state index contributed by atoms with van der Waals surface area (Å²) in [5, 5.41) is 2.90. The van der Waals surface area contributed by atoms with Gasteiger partial charge < -0.3 is 10.1 Å². The molecule has 1 heterocycles. The van der Waals surface area contributed by atoms with Crippen LogP contribution in [0.15, 0.2) is 58.8 Å². The molecule has 1 unspecified atom stereocenters. The van der Waals surface area contributed by atoms with Crippen LogP contribution < -0.4 is 15.0 Å². The number of carbonyl (C=O) groups is 2. The summed E-state index contributed by atoms with van der Waals surface area (Å²) >= 11 is 3.42. The molecular formula is C21H21BrN2O3.